The third-order valence-corrected chi connectivity index (χ3v) is 7.18. The zero-order valence-corrected chi connectivity index (χ0v) is 21.6. The van der Waals surface area contributed by atoms with Crippen LogP contribution in [0.4, 0.5) is 32.1 Å². The predicted octanol–water partition coefficient (Wildman–Crippen LogP) is 4.37. The number of benzene rings is 1. The van der Waals surface area contributed by atoms with Crippen LogP contribution in [0.25, 0.3) is 11.4 Å². The number of aryl methyl sites for hydroxylation is 2. The predicted molar refractivity (Wildman–Crippen MR) is 135 cm³/mol. The first-order valence-corrected chi connectivity index (χ1v) is 13.6. The fourth-order valence-electron chi connectivity index (χ4n) is 4.19. The van der Waals surface area contributed by atoms with Crippen LogP contribution in [0.5, 0.6) is 0 Å². The van der Waals surface area contributed by atoms with E-state index in [1.165, 1.54) is 4.90 Å². The van der Waals surface area contributed by atoms with Gasteiger partial charge in [-0.1, -0.05) is 0 Å². The number of sulfone groups is 1. The summed E-state index contributed by atoms with van der Waals surface area (Å²) in [4.78, 5) is 14.7. The first-order chi connectivity index (χ1) is 17.5. The number of halogens is 2. The van der Waals surface area contributed by atoms with Crippen molar-refractivity contribution >= 4 is 33.1 Å². The van der Waals surface area contributed by atoms with E-state index in [1.807, 2.05) is 26.2 Å². The largest absolute Gasteiger partial charge is 0.340 e. The molecule has 0 bridgehead atoms. The van der Waals surface area contributed by atoms with Crippen LogP contribution in [-0.4, -0.2) is 50.9 Å². The van der Waals surface area contributed by atoms with Crippen LogP contribution in [0.3, 0.4) is 0 Å². The topological polar surface area (TPSA) is 122 Å². The SMILES string of the molecule is CCN(c1nc(Nc2cc(C)[nH]n2)c(C2CC2)c(-c2cn(C)cn2)n1)c1cc(F)c(S(C)(=O)=O)cc1F. The van der Waals surface area contributed by atoms with Crippen molar-refractivity contribution in [1.82, 2.24) is 29.7 Å². The molecular weight excluding hydrogens is 502 g/mol. The highest BCUT2D eigenvalue weighted by Crippen LogP contribution is 2.48. The standard InChI is InChI=1S/C24H26F2N8O2S/c1-5-34(18-9-16(26)19(10-15(18)25)37(4,35)36)24-29-22(17-11-33(3)12-27-17)21(14-6-7-14)23(30-24)28-20-8-13(2)31-32-20/h8-12,14H,5-7H2,1-4H3,(H2,28,29,30,31,32). The third kappa shape index (κ3) is 4.90. The highest BCUT2D eigenvalue weighted by molar-refractivity contribution is 7.90. The van der Waals surface area contributed by atoms with Gasteiger partial charge in [0, 0.05) is 49.4 Å². The first-order valence-electron chi connectivity index (χ1n) is 11.7. The lowest BCUT2D eigenvalue weighted by atomic mass is 10.1. The van der Waals surface area contributed by atoms with Gasteiger partial charge in [0.1, 0.15) is 33.7 Å². The molecule has 5 rings (SSSR count). The summed E-state index contributed by atoms with van der Waals surface area (Å²) in [5, 5.41) is 10.4. The fourth-order valence-corrected chi connectivity index (χ4v) is 4.93. The van der Waals surface area contributed by atoms with Crippen LogP contribution < -0.4 is 10.2 Å². The van der Waals surface area contributed by atoms with E-state index in [0.717, 1.165) is 36.4 Å². The minimum absolute atomic E-state index is 0.104. The van der Waals surface area contributed by atoms with Crippen molar-refractivity contribution in [3.63, 3.8) is 0 Å². The number of aromatic nitrogens is 6. The number of H-pyrrole nitrogens is 1. The van der Waals surface area contributed by atoms with Crippen LogP contribution in [0.2, 0.25) is 0 Å². The molecule has 10 nitrogen and oxygen atoms in total. The van der Waals surface area contributed by atoms with Gasteiger partial charge in [-0.15, -0.1) is 0 Å². The molecule has 194 valence electrons. The van der Waals surface area contributed by atoms with Gasteiger partial charge in [0.15, 0.2) is 15.7 Å². The van der Waals surface area contributed by atoms with Gasteiger partial charge in [-0.3, -0.25) is 5.10 Å². The lowest BCUT2D eigenvalue weighted by molar-refractivity contribution is 0.555. The molecule has 1 aliphatic carbocycles. The molecule has 37 heavy (non-hydrogen) atoms. The molecule has 1 fully saturated rings. The van der Waals surface area contributed by atoms with Gasteiger partial charge in [0.25, 0.3) is 0 Å². The van der Waals surface area contributed by atoms with Gasteiger partial charge < -0.3 is 14.8 Å². The average molecular weight is 529 g/mol. The van der Waals surface area contributed by atoms with Crippen molar-refractivity contribution in [3.05, 3.63) is 53.6 Å². The van der Waals surface area contributed by atoms with Crippen LogP contribution in [0.1, 0.15) is 36.9 Å². The zero-order valence-electron chi connectivity index (χ0n) is 20.7. The Morgan fingerprint density at radius 1 is 1.19 bits per heavy atom. The minimum atomic E-state index is -3.95. The highest BCUT2D eigenvalue weighted by atomic mass is 32.2. The van der Waals surface area contributed by atoms with E-state index in [9.17, 15) is 12.8 Å². The summed E-state index contributed by atoms with van der Waals surface area (Å²) in [7, 11) is -2.10. The molecule has 0 atom stereocenters. The molecule has 0 radical (unpaired) electrons. The monoisotopic (exact) mass is 528 g/mol. The average Bonchev–Trinajstić information content (AvgIpc) is 3.44. The van der Waals surface area contributed by atoms with Gasteiger partial charge in [0.05, 0.1) is 12.0 Å². The zero-order chi connectivity index (χ0) is 26.5. The van der Waals surface area contributed by atoms with Gasteiger partial charge in [-0.05, 0) is 38.7 Å². The number of nitrogens with zero attached hydrogens (tertiary/aromatic N) is 6. The summed E-state index contributed by atoms with van der Waals surface area (Å²) in [5.41, 5.74) is 2.74. The molecule has 0 unspecified atom stereocenters. The molecule has 1 aromatic carbocycles. The van der Waals surface area contributed by atoms with Crippen LogP contribution in [0, 0.1) is 18.6 Å². The molecule has 1 aliphatic rings. The summed E-state index contributed by atoms with van der Waals surface area (Å²) < 4.78 is 55.6. The van der Waals surface area contributed by atoms with E-state index in [4.69, 9.17) is 9.97 Å². The molecule has 2 N–H and O–H groups in total. The summed E-state index contributed by atoms with van der Waals surface area (Å²) in [6, 6.07) is 3.37. The number of rotatable bonds is 8. The van der Waals surface area contributed by atoms with Crippen LogP contribution in [0.15, 0.2) is 35.6 Å². The molecule has 3 heterocycles. The molecule has 0 saturated heterocycles. The Morgan fingerprint density at radius 2 is 1.95 bits per heavy atom. The Bertz CT molecular complexity index is 1590. The molecule has 0 aliphatic heterocycles. The number of imidazole rings is 1. The Balaban J connectivity index is 1.70. The van der Waals surface area contributed by atoms with Gasteiger partial charge in [-0.2, -0.15) is 10.1 Å². The highest BCUT2D eigenvalue weighted by Gasteiger charge is 2.33. The molecule has 1 saturated carbocycles. The van der Waals surface area contributed by atoms with Gasteiger partial charge >= 0.3 is 0 Å². The maximum absolute atomic E-state index is 15.2. The quantitative estimate of drug-likeness (QED) is 0.346. The second-order valence-electron chi connectivity index (χ2n) is 9.14. The number of hydrogen-bond acceptors (Lipinski definition) is 8. The molecular formula is C24H26F2N8O2S. The van der Waals surface area contributed by atoms with Crippen molar-refractivity contribution in [1.29, 1.82) is 0 Å². The second kappa shape index (κ2) is 9.21. The van der Waals surface area contributed by atoms with E-state index in [1.54, 1.807) is 17.8 Å². The molecule has 4 aromatic rings. The Morgan fingerprint density at radius 3 is 2.51 bits per heavy atom. The lowest BCUT2D eigenvalue weighted by Gasteiger charge is -2.24. The van der Waals surface area contributed by atoms with Crippen molar-refractivity contribution in [2.75, 3.05) is 23.0 Å². The number of aromatic amines is 1. The van der Waals surface area contributed by atoms with Crippen LogP contribution in [-0.2, 0) is 16.9 Å². The maximum atomic E-state index is 15.2. The second-order valence-corrected chi connectivity index (χ2v) is 11.1. The number of anilines is 4. The smallest absolute Gasteiger partial charge is 0.232 e. The van der Waals surface area contributed by atoms with E-state index >= 15 is 4.39 Å². The Kier molecular flexibility index (Phi) is 6.18. The first kappa shape index (κ1) is 24.8. The van der Waals surface area contributed by atoms with Gasteiger partial charge in [0.2, 0.25) is 5.95 Å². The number of nitrogens with one attached hydrogen (secondary N) is 2. The van der Waals surface area contributed by atoms with E-state index in [2.05, 4.69) is 20.5 Å². The summed E-state index contributed by atoms with van der Waals surface area (Å²) in [5.74, 6) is -0.599. The summed E-state index contributed by atoms with van der Waals surface area (Å²) in [6.07, 6.45) is 6.24. The van der Waals surface area contributed by atoms with E-state index in [0.29, 0.717) is 29.1 Å². The fraction of sp³-hybridized carbons (Fsp3) is 0.333. The lowest BCUT2D eigenvalue weighted by Crippen LogP contribution is -2.22. The van der Waals surface area contributed by atoms with Gasteiger partial charge in [-0.25, -0.2) is 27.2 Å². The number of hydrogen-bond donors (Lipinski definition) is 2. The van der Waals surface area contributed by atoms with Crippen molar-refractivity contribution in [3.8, 4) is 11.4 Å². The Hall–Kier alpha value is -3.87. The summed E-state index contributed by atoms with van der Waals surface area (Å²) >= 11 is 0. The van der Waals surface area contributed by atoms with Crippen LogP contribution >= 0.6 is 0 Å². The maximum Gasteiger partial charge on any atom is 0.232 e. The molecule has 0 amide bonds. The summed E-state index contributed by atoms with van der Waals surface area (Å²) in [6.45, 7) is 3.80. The normalized spacial score (nSPS) is 13.7. The van der Waals surface area contributed by atoms with Crippen molar-refractivity contribution in [2.45, 2.75) is 37.5 Å². The molecule has 0 spiro atoms. The van der Waals surface area contributed by atoms with Crippen molar-refractivity contribution < 1.29 is 17.2 Å². The van der Waals surface area contributed by atoms with E-state index in [-0.39, 0.29) is 24.1 Å². The Labute approximate surface area is 212 Å². The third-order valence-electron chi connectivity index (χ3n) is 6.07. The van der Waals surface area contributed by atoms with Crippen molar-refractivity contribution in [2.24, 2.45) is 7.05 Å². The van der Waals surface area contributed by atoms with E-state index < -0.39 is 26.4 Å². The molecule has 13 heteroatoms. The molecule has 3 aromatic heterocycles. The minimum Gasteiger partial charge on any atom is -0.340 e.